The Balaban J connectivity index is 0.000000720. The molecule has 1 aromatic carbocycles. The minimum absolute atomic E-state index is 0. The first-order valence-corrected chi connectivity index (χ1v) is 4.33. The van der Waals surface area contributed by atoms with Gasteiger partial charge in [0.25, 0.3) is 0 Å². The molecule has 1 heterocycles. The minimum atomic E-state index is 0. The Morgan fingerprint density at radius 3 is 2.92 bits per heavy atom. The molecule has 0 spiro atoms. The van der Waals surface area contributed by atoms with E-state index in [1.807, 2.05) is 6.07 Å². The molecule has 0 unspecified atom stereocenters. The second kappa shape index (κ2) is 4.13. The van der Waals surface area contributed by atoms with Crippen molar-refractivity contribution in [3.63, 3.8) is 0 Å². The minimum Gasteiger partial charge on any atom is -1.00 e. The van der Waals surface area contributed by atoms with E-state index < -0.39 is 0 Å². The number of hydrogen-bond donors (Lipinski definition) is 1. The molecule has 1 aliphatic rings. The van der Waals surface area contributed by atoms with Crippen molar-refractivity contribution in [2.24, 2.45) is 0 Å². The van der Waals surface area contributed by atoms with Gasteiger partial charge in [-0.3, -0.25) is 0 Å². The molecule has 0 fully saturated rings. The SMILES string of the molecule is Clc1ccc2c(c1)CC[NH2+]C2.[Cl-]. The van der Waals surface area contributed by atoms with Gasteiger partial charge in [-0.25, -0.2) is 0 Å². The molecule has 66 valence electrons. The van der Waals surface area contributed by atoms with Crippen molar-refractivity contribution in [2.45, 2.75) is 13.0 Å². The number of halogens is 2. The summed E-state index contributed by atoms with van der Waals surface area (Å²) in [5.41, 5.74) is 2.88. The number of hydrogen-bond acceptors (Lipinski definition) is 0. The van der Waals surface area contributed by atoms with Crippen molar-refractivity contribution < 1.29 is 17.7 Å². The smallest absolute Gasteiger partial charge is 0.102 e. The van der Waals surface area contributed by atoms with Crippen LogP contribution in [0.1, 0.15) is 11.1 Å². The molecule has 1 aromatic rings. The largest absolute Gasteiger partial charge is 1.00 e. The lowest BCUT2D eigenvalue weighted by Gasteiger charge is -2.13. The zero-order valence-electron chi connectivity index (χ0n) is 6.69. The molecule has 2 N–H and O–H groups in total. The fourth-order valence-corrected chi connectivity index (χ4v) is 1.74. The van der Waals surface area contributed by atoms with Gasteiger partial charge in [-0.15, -0.1) is 0 Å². The van der Waals surface area contributed by atoms with E-state index >= 15 is 0 Å². The van der Waals surface area contributed by atoms with Gasteiger partial charge in [0.05, 0.1) is 6.54 Å². The van der Waals surface area contributed by atoms with E-state index in [1.54, 1.807) is 0 Å². The molecule has 0 saturated carbocycles. The summed E-state index contributed by atoms with van der Waals surface area (Å²) in [5, 5.41) is 3.20. The lowest BCUT2D eigenvalue weighted by molar-refractivity contribution is -0.673. The third-order valence-corrected chi connectivity index (χ3v) is 2.39. The van der Waals surface area contributed by atoms with Crippen LogP contribution in [-0.4, -0.2) is 6.54 Å². The summed E-state index contributed by atoms with van der Waals surface area (Å²) in [4.78, 5) is 0. The van der Waals surface area contributed by atoms with Crippen LogP contribution in [0.5, 0.6) is 0 Å². The second-order valence-electron chi connectivity index (χ2n) is 2.94. The molecule has 0 aromatic heterocycles. The van der Waals surface area contributed by atoms with E-state index in [1.165, 1.54) is 17.7 Å². The van der Waals surface area contributed by atoms with E-state index in [9.17, 15) is 0 Å². The highest BCUT2D eigenvalue weighted by atomic mass is 35.5. The molecule has 0 atom stereocenters. The van der Waals surface area contributed by atoms with Gasteiger partial charge in [-0.1, -0.05) is 17.7 Å². The summed E-state index contributed by atoms with van der Waals surface area (Å²) in [6.45, 7) is 2.32. The number of fused-ring (bicyclic) bond motifs is 1. The summed E-state index contributed by atoms with van der Waals surface area (Å²) in [7, 11) is 0. The van der Waals surface area contributed by atoms with Crippen LogP contribution < -0.4 is 17.7 Å². The lowest BCUT2D eigenvalue weighted by Crippen LogP contribution is -3.00. The number of rotatable bonds is 0. The Morgan fingerprint density at radius 2 is 2.08 bits per heavy atom. The summed E-state index contributed by atoms with van der Waals surface area (Å²) in [5.74, 6) is 0. The maximum Gasteiger partial charge on any atom is 0.102 e. The molecule has 2 rings (SSSR count). The topological polar surface area (TPSA) is 16.6 Å². The predicted octanol–water partition coefficient (Wildman–Crippen LogP) is -2.04. The molecule has 1 nitrogen and oxygen atoms in total. The van der Waals surface area contributed by atoms with Gasteiger partial charge in [0, 0.05) is 17.0 Å². The number of quaternary nitrogens is 1. The lowest BCUT2D eigenvalue weighted by atomic mass is 10.0. The predicted molar refractivity (Wildman–Crippen MR) is 45.7 cm³/mol. The highest BCUT2D eigenvalue weighted by molar-refractivity contribution is 6.30. The van der Waals surface area contributed by atoms with Crippen molar-refractivity contribution in [2.75, 3.05) is 6.54 Å². The van der Waals surface area contributed by atoms with Crippen LogP contribution in [0.2, 0.25) is 5.02 Å². The van der Waals surface area contributed by atoms with Gasteiger partial charge in [0.15, 0.2) is 0 Å². The molecule has 0 radical (unpaired) electrons. The molecule has 0 bridgehead atoms. The molecule has 1 aliphatic heterocycles. The standard InChI is InChI=1S/C9H10ClN.ClH/c10-9-2-1-8-6-11-4-3-7(8)5-9;/h1-2,5,11H,3-4,6H2;1H. The highest BCUT2D eigenvalue weighted by Gasteiger charge is 2.10. The molecule has 3 heteroatoms. The van der Waals surface area contributed by atoms with Crippen LogP contribution in [0, 0.1) is 0 Å². The summed E-state index contributed by atoms with van der Waals surface area (Å²) >= 11 is 5.87. The Bertz CT molecular complexity index is 273. The first kappa shape index (κ1) is 9.85. The van der Waals surface area contributed by atoms with Gasteiger partial charge < -0.3 is 17.7 Å². The summed E-state index contributed by atoms with van der Waals surface area (Å²) in [6.07, 6.45) is 1.16. The van der Waals surface area contributed by atoms with Crippen LogP contribution in [-0.2, 0) is 13.0 Å². The van der Waals surface area contributed by atoms with Crippen molar-refractivity contribution in [3.05, 3.63) is 34.3 Å². The number of nitrogens with two attached hydrogens (primary N) is 1. The average Bonchev–Trinajstić information content (AvgIpc) is 2.04. The highest BCUT2D eigenvalue weighted by Crippen LogP contribution is 2.16. The Morgan fingerprint density at radius 1 is 1.25 bits per heavy atom. The normalized spacial score (nSPS) is 14.8. The van der Waals surface area contributed by atoms with Crippen molar-refractivity contribution in [1.82, 2.24) is 0 Å². The zero-order chi connectivity index (χ0) is 7.68. The van der Waals surface area contributed by atoms with E-state index in [0.29, 0.717) is 0 Å². The average molecular weight is 204 g/mol. The second-order valence-corrected chi connectivity index (χ2v) is 3.38. The van der Waals surface area contributed by atoms with E-state index in [2.05, 4.69) is 17.4 Å². The molecular weight excluding hydrogens is 193 g/mol. The van der Waals surface area contributed by atoms with Gasteiger partial charge in [-0.05, 0) is 17.7 Å². The van der Waals surface area contributed by atoms with Crippen LogP contribution in [0.3, 0.4) is 0 Å². The summed E-state index contributed by atoms with van der Waals surface area (Å²) < 4.78 is 0. The molecule has 0 amide bonds. The molecule has 0 saturated heterocycles. The van der Waals surface area contributed by atoms with Crippen molar-refractivity contribution >= 4 is 11.6 Å². The number of benzene rings is 1. The van der Waals surface area contributed by atoms with Gasteiger partial charge >= 0.3 is 0 Å². The van der Waals surface area contributed by atoms with E-state index in [4.69, 9.17) is 11.6 Å². The van der Waals surface area contributed by atoms with Crippen LogP contribution >= 0.6 is 11.6 Å². The van der Waals surface area contributed by atoms with Gasteiger partial charge in [0.2, 0.25) is 0 Å². The maximum atomic E-state index is 5.87. The summed E-state index contributed by atoms with van der Waals surface area (Å²) in [6, 6.07) is 6.19. The Labute approximate surface area is 83.5 Å². The maximum absolute atomic E-state index is 5.87. The Hall–Kier alpha value is -0.240. The third kappa shape index (κ3) is 1.92. The molecular formula is C9H11Cl2N. The quantitative estimate of drug-likeness (QED) is 0.501. The van der Waals surface area contributed by atoms with Crippen LogP contribution in [0.25, 0.3) is 0 Å². The van der Waals surface area contributed by atoms with Crippen LogP contribution in [0.4, 0.5) is 0 Å². The Kier molecular flexibility index (Phi) is 3.39. The van der Waals surface area contributed by atoms with Gasteiger partial charge in [-0.2, -0.15) is 0 Å². The third-order valence-electron chi connectivity index (χ3n) is 2.15. The van der Waals surface area contributed by atoms with E-state index in [0.717, 1.165) is 18.0 Å². The zero-order valence-corrected chi connectivity index (χ0v) is 8.20. The van der Waals surface area contributed by atoms with Crippen molar-refractivity contribution in [3.8, 4) is 0 Å². The van der Waals surface area contributed by atoms with Crippen molar-refractivity contribution in [1.29, 1.82) is 0 Å². The van der Waals surface area contributed by atoms with Gasteiger partial charge in [0.1, 0.15) is 6.54 Å². The fraction of sp³-hybridized carbons (Fsp3) is 0.333. The monoisotopic (exact) mass is 203 g/mol. The van der Waals surface area contributed by atoms with E-state index in [-0.39, 0.29) is 12.4 Å². The molecule has 0 aliphatic carbocycles. The first-order chi connectivity index (χ1) is 5.36. The first-order valence-electron chi connectivity index (χ1n) is 3.95. The molecule has 12 heavy (non-hydrogen) atoms. The fourth-order valence-electron chi connectivity index (χ4n) is 1.54. The van der Waals surface area contributed by atoms with Crippen LogP contribution in [0.15, 0.2) is 18.2 Å².